The number of anilines is 2. The Morgan fingerprint density at radius 3 is 1.29 bits per heavy atom. The van der Waals surface area contributed by atoms with Crippen molar-refractivity contribution in [3.8, 4) is 45.4 Å². The number of unbranched alkanes of at least 4 members (excludes halogenated alkanes) is 3. The lowest BCUT2D eigenvalue weighted by molar-refractivity contribution is 0.477. The van der Waals surface area contributed by atoms with Crippen LogP contribution in [-0.4, -0.2) is 52.8 Å². The largest absolute Gasteiger partial charge is 0.507 e. The summed E-state index contributed by atoms with van der Waals surface area (Å²) in [6.07, 6.45) is 3.26. The van der Waals surface area contributed by atoms with E-state index in [1.807, 2.05) is 97.1 Å². The highest BCUT2D eigenvalue weighted by Crippen LogP contribution is 2.39. The van der Waals surface area contributed by atoms with E-state index in [9.17, 15) is 19.8 Å². The van der Waals surface area contributed by atoms with Crippen molar-refractivity contribution in [1.29, 1.82) is 0 Å². The lowest BCUT2D eigenvalue weighted by Gasteiger charge is -2.16. The Morgan fingerprint density at radius 2 is 0.857 bits per heavy atom. The normalized spacial score (nSPS) is 11.2. The molecule has 8 aromatic rings. The summed E-state index contributed by atoms with van der Waals surface area (Å²) in [6, 6.07) is 40.5. The molecule has 8 rings (SSSR count). The summed E-state index contributed by atoms with van der Waals surface area (Å²) in [5.74, 6) is 0.660. The number of aromatic hydroxyl groups is 2. The van der Waals surface area contributed by atoms with Crippen molar-refractivity contribution >= 4 is 33.2 Å². The van der Waals surface area contributed by atoms with E-state index in [0.29, 0.717) is 58.6 Å². The molecule has 0 aliphatic rings. The molecule has 0 atom stereocenters. The maximum Gasteiger partial charge on any atom is 0.370 e. The van der Waals surface area contributed by atoms with Crippen LogP contribution in [0.4, 0.5) is 11.6 Å². The van der Waals surface area contributed by atoms with Gasteiger partial charge in [-0.3, -0.25) is 0 Å². The number of nitrogens with one attached hydrogen (secondary N) is 2. The first-order valence-corrected chi connectivity index (χ1v) is 18.5. The Morgan fingerprint density at radius 1 is 0.464 bits per heavy atom. The molecule has 2 aromatic heterocycles. The number of nitrogens with zero attached hydrogens (tertiary/aromatic N) is 6. The van der Waals surface area contributed by atoms with Crippen molar-refractivity contribution in [2.24, 2.45) is 0 Å². The first-order valence-electron chi connectivity index (χ1n) is 18.5. The summed E-state index contributed by atoms with van der Waals surface area (Å²) >= 11 is 0. The minimum absolute atomic E-state index is 0.0349. The molecule has 0 spiro atoms. The van der Waals surface area contributed by atoms with E-state index in [4.69, 9.17) is 10.2 Å². The van der Waals surface area contributed by atoms with Crippen LogP contribution in [0.15, 0.2) is 143 Å². The summed E-state index contributed by atoms with van der Waals surface area (Å²) in [7, 11) is 0. The minimum atomic E-state index is -0.538. The number of fused-ring (bicyclic) bond motifs is 2. The van der Waals surface area contributed by atoms with Crippen molar-refractivity contribution in [2.45, 2.75) is 25.7 Å². The van der Waals surface area contributed by atoms with Crippen LogP contribution >= 0.6 is 0 Å². The average molecular weight is 743 g/mol. The van der Waals surface area contributed by atoms with Gasteiger partial charge in [0.25, 0.3) is 0 Å². The Bertz CT molecular complexity index is 2600. The predicted octanol–water partition coefficient (Wildman–Crippen LogP) is 7.70. The van der Waals surface area contributed by atoms with Gasteiger partial charge in [0.2, 0.25) is 0 Å². The zero-order valence-corrected chi connectivity index (χ0v) is 30.3. The van der Waals surface area contributed by atoms with E-state index in [1.54, 1.807) is 36.4 Å². The van der Waals surface area contributed by atoms with Gasteiger partial charge in [-0.05, 0) is 70.8 Å². The van der Waals surface area contributed by atoms with Gasteiger partial charge in [0, 0.05) is 13.1 Å². The molecule has 0 aliphatic heterocycles. The second-order valence-electron chi connectivity index (χ2n) is 13.3. The number of phenols is 2. The predicted molar refractivity (Wildman–Crippen MR) is 220 cm³/mol. The van der Waals surface area contributed by atoms with E-state index < -0.39 is 11.4 Å². The highest BCUT2D eigenvalue weighted by molar-refractivity contribution is 6.01. The lowest BCUT2D eigenvalue weighted by atomic mass is 10.0. The molecule has 0 aliphatic carbocycles. The first-order chi connectivity index (χ1) is 27.5. The minimum Gasteiger partial charge on any atom is -0.507 e. The number of phenolic OH excluding ortho intramolecular Hbond substituents is 2. The van der Waals surface area contributed by atoms with Gasteiger partial charge in [-0.15, -0.1) is 0 Å². The summed E-state index contributed by atoms with van der Waals surface area (Å²) in [6.45, 7) is 1.03. The van der Waals surface area contributed by atoms with Gasteiger partial charge in [-0.25, -0.2) is 9.59 Å². The van der Waals surface area contributed by atoms with Gasteiger partial charge in [0.1, 0.15) is 22.9 Å². The Labute approximate surface area is 321 Å². The van der Waals surface area contributed by atoms with Gasteiger partial charge in [-0.1, -0.05) is 110 Å². The third kappa shape index (κ3) is 7.27. The number of aromatic nitrogens is 6. The first kappa shape index (κ1) is 35.7. The van der Waals surface area contributed by atoms with Crippen molar-refractivity contribution < 1.29 is 10.2 Å². The lowest BCUT2D eigenvalue weighted by Crippen LogP contribution is -2.26. The fourth-order valence-electron chi connectivity index (χ4n) is 6.87. The smallest absolute Gasteiger partial charge is 0.370 e. The van der Waals surface area contributed by atoms with Gasteiger partial charge in [0.05, 0.1) is 22.5 Å². The molecule has 0 saturated carbocycles. The molecule has 0 saturated heterocycles. The molecule has 0 fully saturated rings. The summed E-state index contributed by atoms with van der Waals surface area (Å²) < 4.78 is 2.49. The third-order valence-electron chi connectivity index (χ3n) is 9.60. The Hall–Kier alpha value is -7.34. The van der Waals surface area contributed by atoms with Crippen LogP contribution in [0.1, 0.15) is 25.7 Å². The van der Waals surface area contributed by atoms with Crippen LogP contribution in [0.2, 0.25) is 0 Å². The van der Waals surface area contributed by atoms with Crippen LogP contribution in [0, 0.1) is 0 Å². The highest BCUT2D eigenvalue weighted by atomic mass is 16.3. The molecule has 6 aromatic carbocycles. The SMILES string of the molecule is O=c1nc(NCCCCCCNc2nc(=O)n(-c3ccccc3)nc2-c2c(O)ccc3ccccc23)c(-c2c(O)ccc3ccccc23)nn1-c1ccccc1. The quantitative estimate of drug-likeness (QED) is 0.0862. The standard InChI is InChI=1S/C44H38N8O4/c53-35-25-23-29-15-9-11-21-33(29)37(35)39-41(47-43(55)51(49-39)31-17-5-3-6-18-31)45-27-13-1-2-14-28-46-42-40(38-34-22-12-10-16-30(34)24-26-36(38)54)50-52(44(56)48-42)32-19-7-4-8-20-32/h3-12,15-26,53-54H,1-2,13-14,27-28H2,(H,45,47,55)(H,46,48,56). The molecule has 12 nitrogen and oxygen atoms in total. The van der Waals surface area contributed by atoms with E-state index in [-0.39, 0.29) is 11.5 Å². The molecule has 0 amide bonds. The van der Waals surface area contributed by atoms with E-state index in [1.165, 1.54) is 9.36 Å². The van der Waals surface area contributed by atoms with Gasteiger partial charge in [0.15, 0.2) is 11.6 Å². The molecule has 0 bridgehead atoms. The monoisotopic (exact) mass is 742 g/mol. The Kier molecular flexibility index (Phi) is 10.2. The third-order valence-corrected chi connectivity index (χ3v) is 9.60. The fraction of sp³-hybridized carbons (Fsp3) is 0.136. The summed E-state index contributed by atoms with van der Waals surface area (Å²) in [5, 5.41) is 41.7. The Balaban J connectivity index is 0.971. The molecular weight excluding hydrogens is 705 g/mol. The van der Waals surface area contributed by atoms with Crippen molar-refractivity contribution in [1.82, 2.24) is 29.5 Å². The van der Waals surface area contributed by atoms with Crippen molar-refractivity contribution in [3.05, 3.63) is 154 Å². The second kappa shape index (κ2) is 15.9. The maximum absolute atomic E-state index is 13.2. The number of hydrogen-bond acceptors (Lipinski definition) is 10. The van der Waals surface area contributed by atoms with E-state index in [2.05, 4.69) is 20.6 Å². The molecule has 56 heavy (non-hydrogen) atoms. The molecule has 4 N–H and O–H groups in total. The molecule has 278 valence electrons. The van der Waals surface area contributed by atoms with Crippen molar-refractivity contribution in [2.75, 3.05) is 23.7 Å². The number of benzene rings is 6. The number of hydrogen-bond donors (Lipinski definition) is 4. The van der Waals surface area contributed by atoms with Gasteiger partial charge < -0.3 is 20.8 Å². The number of rotatable bonds is 13. The maximum atomic E-state index is 13.2. The molecule has 12 heteroatoms. The molecule has 2 heterocycles. The molecule has 0 unspecified atom stereocenters. The zero-order valence-electron chi connectivity index (χ0n) is 30.3. The molecular formula is C44H38N8O4. The molecule has 0 radical (unpaired) electrons. The van der Waals surface area contributed by atoms with Crippen molar-refractivity contribution in [3.63, 3.8) is 0 Å². The van der Waals surface area contributed by atoms with Crippen LogP contribution in [0.25, 0.3) is 55.4 Å². The van der Waals surface area contributed by atoms with Crippen LogP contribution in [-0.2, 0) is 0 Å². The highest BCUT2D eigenvalue weighted by Gasteiger charge is 2.21. The van der Waals surface area contributed by atoms with Crippen LogP contribution < -0.4 is 22.0 Å². The van der Waals surface area contributed by atoms with E-state index >= 15 is 0 Å². The number of para-hydroxylation sites is 2. The van der Waals surface area contributed by atoms with Crippen LogP contribution in [0.3, 0.4) is 0 Å². The average Bonchev–Trinajstić information content (AvgIpc) is 3.23. The van der Waals surface area contributed by atoms with E-state index in [0.717, 1.165) is 47.2 Å². The second-order valence-corrected chi connectivity index (χ2v) is 13.3. The summed E-state index contributed by atoms with van der Waals surface area (Å²) in [4.78, 5) is 35.3. The van der Waals surface area contributed by atoms with Gasteiger partial charge in [-0.2, -0.15) is 29.5 Å². The van der Waals surface area contributed by atoms with Crippen LogP contribution in [0.5, 0.6) is 11.5 Å². The van der Waals surface area contributed by atoms with Gasteiger partial charge >= 0.3 is 11.4 Å². The summed E-state index contributed by atoms with van der Waals surface area (Å²) in [5.41, 5.74) is 1.78. The topological polar surface area (TPSA) is 160 Å². The zero-order chi connectivity index (χ0) is 38.4. The fourth-order valence-corrected chi connectivity index (χ4v) is 6.87.